The summed E-state index contributed by atoms with van der Waals surface area (Å²) in [6.07, 6.45) is -0.126. The SMILES string of the molecule is CC(=S)C(CC(C(C)=S)(C(C)=S)C(C)=S)OCC(CO)(CO)CO. The van der Waals surface area contributed by atoms with Crippen molar-refractivity contribution < 1.29 is 20.1 Å². The first kappa shape index (κ1) is 24.2. The highest BCUT2D eigenvalue weighted by Gasteiger charge is 2.41. The minimum atomic E-state index is -1.13. The van der Waals surface area contributed by atoms with Gasteiger partial charge in [-0.3, -0.25) is 0 Å². The highest BCUT2D eigenvalue weighted by atomic mass is 32.1. The van der Waals surface area contributed by atoms with E-state index in [0.29, 0.717) is 25.9 Å². The first-order valence-electron chi connectivity index (χ1n) is 7.50. The highest BCUT2D eigenvalue weighted by molar-refractivity contribution is 7.84. The molecule has 0 aromatic rings. The van der Waals surface area contributed by atoms with E-state index in [1.165, 1.54) is 0 Å². The van der Waals surface area contributed by atoms with Gasteiger partial charge in [0.25, 0.3) is 0 Å². The number of hydrogen-bond donors (Lipinski definition) is 3. The summed E-state index contributed by atoms with van der Waals surface area (Å²) in [5.41, 5.74) is -1.86. The molecule has 0 rings (SSSR count). The summed E-state index contributed by atoms with van der Waals surface area (Å²) < 4.78 is 5.85. The third-order valence-electron chi connectivity index (χ3n) is 4.34. The molecule has 0 radical (unpaired) electrons. The third-order valence-corrected chi connectivity index (χ3v) is 5.65. The number of ether oxygens (including phenoxy) is 1. The summed E-state index contributed by atoms with van der Waals surface area (Å²) in [5, 5.41) is 28.3. The first-order valence-corrected chi connectivity index (χ1v) is 9.14. The molecule has 0 saturated heterocycles. The average Bonchev–Trinajstić information content (AvgIpc) is 2.50. The minimum absolute atomic E-state index is 0.0470. The fourth-order valence-electron chi connectivity index (χ4n) is 2.34. The summed E-state index contributed by atoms with van der Waals surface area (Å²) >= 11 is 21.6. The Balaban J connectivity index is 5.54. The summed E-state index contributed by atoms with van der Waals surface area (Å²) in [4.78, 5) is 2.56. The second-order valence-electron chi connectivity index (χ2n) is 6.16. The molecule has 0 bridgehead atoms. The number of rotatable bonds is 12. The van der Waals surface area contributed by atoms with E-state index in [4.69, 9.17) is 53.6 Å². The first-order chi connectivity index (χ1) is 11.0. The van der Waals surface area contributed by atoms with Gasteiger partial charge in [0, 0.05) is 19.5 Å². The molecule has 3 N–H and O–H groups in total. The van der Waals surface area contributed by atoms with Gasteiger partial charge in [-0.25, -0.2) is 0 Å². The van der Waals surface area contributed by atoms with Gasteiger partial charge in [-0.1, -0.05) is 48.9 Å². The molecule has 1 atom stereocenters. The standard InChI is InChI=1S/C16H26O4S4/c1-10(21)14(20-9-15(6-17,7-18)8-19)5-16(11(2)22,12(3)23)13(4)24/h14,17-19H,5-9H2,1-4H3. The molecule has 0 saturated carbocycles. The largest absolute Gasteiger partial charge is 0.396 e. The monoisotopic (exact) mass is 410 g/mol. The van der Waals surface area contributed by atoms with Gasteiger partial charge in [0.15, 0.2) is 0 Å². The zero-order valence-corrected chi connectivity index (χ0v) is 17.8. The number of aliphatic hydroxyl groups is 3. The topological polar surface area (TPSA) is 69.9 Å². The fourth-order valence-corrected chi connectivity index (χ4v) is 3.85. The fraction of sp³-hybridized carbons (Fsp3) is 0.750. The molecule has 0 fully saturated rings. The van der Waals surface area contributed by atoms with Crippen molar-refractivity contribution >= 4 is 68.3 Å². The van der Waals surface area contributed by atoms with Crippen LogP contribution in [0.25, 0.3) is 0 Å². The third kappa shape index (κ3) is 5.60. The molecule has 0 aromatic carbocycles. The van der Waals surface area contributed by atoms with E-state index in [0.717, 1.165) is 0 Å². The Bertz CT molecular complexity index is 456. The van der Waals surface area contributed by atoms with E-state index in [2.05, 4.69) is 0 Å². The molecule has 4 nitrogen and oxygen atoms in total. The summed E-state index contributed by atoms with van der Waals surface area (Å²) in [6.45, 7) is 5.90. The van der Waals surface area contributed by atoms with Crippen LogP contribution in [0.15, 0.2) is 0 Å². The van der Waals surface area contributed by atoms with E-state index in [9.17, 15) is 15.3 Å². The van der Waals surface area contributed by atoms with Crippen molar-refractivity contribution in [1.29, 1.82) is 0 Å². The molecule has 8 heteroatoms. The van der Waals surface area contributed by atoms with Gasteiger partial charge in [0.1, 0.15) is 0 Å². The van der Waals surface area contributed by atoms with Crippen LogP contribution in [0.1, 0.15) is 34.1 Å². The summed E-state index contributed by atoms with van der Waals surface area (Å²) in [7, 11) is 0. The van der Waals surface area contributed by atoms with E-state index in [-0.39, 0.29) is 6.61 Å². The van der Waals surface area contributed by atoms with Crippen molar-refractivity contribution in [3.05, 3.63) is 0 Å². The van der Waals surface area contributed by atoms with Crippen LogP contribution in [-0.4, -0.2) is 67.3 Å². The quantitative estimate of drug-likeness (QED) is 0.423. The van der Waals surface area contributed by atoms with Crippen LogP contribution in [-0.2, 0) is 4.74 Å². The normalized spacial score (nSPS) is 13.5. The molecule has 0 aromatic heterocycles. The van der Waals surface area contributed by atoms with Crippen molar-refractivity contribution in [2.75, 3.05) is 26.4 Å². The second-order valence-corrected chi connectivity index (χ2v) is 8.64. The van der Waals surface area contributed by atoms with Gasteiger partial charge in [-0.05, 0) is 34.1 Å². The average molecular weight is 411 g/mol. The molecule has 0 spiro atoms. The molecule has 0 aliphatic rings. The zero-order valence-electron chi connectivity index (χ0n) is 14.5. The van der Waals surface area contributed by atoms with Gasteiger partial charge < -0.3 is 20.1 Å². The van der Waals surface area contributed by atoms with Gasteiger partial charge in [-0.15, -0.1) is 0 Å². The van der Waals surface area contributed by atoms with Crippen molar-refractivity contribution in [3.63, 3.8) is 0 Å². The molecular formula is C16H26O4S4. The maximum atomic E-state index is 9.43. The predicted molar refractivity (Wildman–Crippen MR) is 114 cm³/mol. The van der Waals surface area contributed by atoms with Gasteiger partial charge >= 0.3 is 0 Å². The van der Waals surface area contributed by atoms with E-state index < -0.39 is 36.8 Å². The van der Waals surface area contributed by atoms with Gasteiger partial charge in [0.2, 0.25) is 0 Å². The lowest BCUT2D eigenvalue weighted by Crippen LogP contribution is -2.47. The van der Waals surface area contributed by atoms with Crippen molar-refractivity contribution in [1.82, 2.24) is 0 Å². The predicted octanol–water partition coefficient (Wildman–Crippen LogP) is 2.27. The Hall–Kier alpha value is 0.200. The van der Waals surface area contributed by atoms with Gasteiger partial charge in [0.05, 0.1) is 43.4 Å². The lowest BCUT2D eigenvalue weighted by Gasteiger charge is -2.37. The van der Waals surface area contributed by atoms with Crippen LogP contribution in [0.2, 0.25) is 0 Å². The van der Waals surface area contributed by atoms with E-state index in [1.807, 2.05) is 0 Å². The molecule has 138 valence electrons. The molecule has 0 heterocycles. The molecular weight excluding hydrogens is 384 g/mol. The van der Waals surface area contributed by atoms with Gasteiger partial charge in [-0.2, -0.15) is 0 Å². The highest BCUT2D eigenvalue weighted by Crippen LogP contribution is 2.33. The van der Waals surface area contributed by atoms with Crippen molar-refractivity contribution in [2.45, 2.75) is 40.2 Å². The summed E-state index contributed by atoms with van der Waals surface area (Å²) in [5.74, 6) is 0. The Kier molecular flexibility index (Phi) is 10.5. The van der Waals surface area contributed by atoms with Crippen LogP contribution in [0.5, 0.6) is 0 Å². The van der Waals surface area contributed by atoms with Crippen LogP contribution in [0, 0.1) is 10.8 Å². The lowest BCUT2D eigenvalue weighted by atomic mass is 9.74. The molecule has 0 aliphatic carbocycles. The van der Waals surface area contributed by atoms with Crippen molar-refractivity contribution in [3.8, 4) is 0 Å². The molecule has 24 heavy (non-hydrogen) atoms. The number of hydrogen-bond acceptors (Lipinski definition) is 8. The smallest absolute Gasteiger partial charge is 0.0900 e. The Morgan fingerprint density at radius 3 is 1.46 bits per heavy atom. The Morgan fingerprint density at radius 2 is 1.21 bits per heavy atom. The van der Waals surface area contributed by atoms with Crippen LogP contribution in [0.4, 0.5) is 0 Å². The van der Waals surface area contributed by atoms with Crippen LogP contribution in [0.3, 0.4) is 0 Å². The maximum Gasteiger partial charge on any atom is 0.0900 e. The van der Waals surface area contributed by atoms with E-state index >= 15 is 0 Å². The number of aliphatic hydroxyl groups excluding tert-OH is 3. The Morgan fingerprint density at radius 1 is 0.833 bits per heavy atom. The second kappa shape index (κ2) is 10.4. The van der Waals surface area contributed by atoms with E-state index in [1.54, 1.807) is 27.7 Å². The zero-order chi connectivity index (χ0) is 19.1. The molecule has 1 unspecified atom stereocenters. The van der Waals surface area contributed by atoms with Crippen molar-refractivity contribution in [2.24, 2.45) is 10.8 Å². The molecule has 0 amide bonds. The summed E-state index contributed by atoms with van der Waals surface area (Å²) in [6, 6.07) is 0. The lowest BCUT2D eigenvalue weighted by molar-refractivity contribution is -0.0688. The minimum Gasteiger partial charge on any atom is -0.396 e. The number of thiocarbonyl (C=S) groups is 4. The van der Waals surface area contributed by atoms with Crippen LogP contribution >= 0.6 is 48.9 Å². The Labute approximate surface area is 165 Å². The maximum absolute atomic E-state index is 9.43. The molecule has 0 aliphatic heterocycles. The van der Waals surface area contributed by atoms with Crippen LogP contribution < -0.4 is 0 Å².